The highest BCUT2D eigenvalue weighted by Gasteiger charge is 2.38. The van der Waals surface area contributed by atoms with E-state index in [-0.39, 0.29) is 49.7 Å². The lowest BCUT2D eigenvalue weighted by Gasteiger charge is -2.30. The first-order valence-corrected chi connectivity index (χ1v) is 12.9. The molecule has 5 atom stereocenters. The summed E-state index contributed by atoms with van der Waals surface area (Å²) in [5, 5.41) is 14.7. The van der Waals surface area contributed by atoms with Crippen LogP contribution >= 0.6 is 0 Å². The monoisotopic (exact) mass is 540 g/mol. The molecule has 15 nitrogen and oxygen atoms in total. The molecule has 0 aromatic rings. The summed E-state index contributed by atoms with van der Waals surface area (Å²) in [5.74, 6) is -3.01. The van der Waals surface area contributed by atoms with E-state index in [1.54, 1.807) is 0 Å². The summed E-state index contributed by atoms with van der Waals surface area (Å²) in [6, 6.07) is -3.80. The molecule has 5 unspecified atom stereocenters. The van der Waals surface area contributed by atoms with E-state index in [4.69, 9.17) is 28.7 Å². The number of carboxylic acids is 1. The normalized spacial score (nSPS) is 18.0. The first-order valence-electron chi connectivity index (χ1n) is 12.9. The molecule has 1 aliphatic heterocycles. The Balaban J connectivity index is 2.96. The average Bonchev–Trinajstić information content (AvgIpc) is 3.35. The maximum absolute atomic E-state index is 13.2. The van der Waals surface area contributed by atoms with Gasteiger partial charge < -0.3 is 49.3 Å². The second-order valence-electron chi connectivity index (χ2n) is 9.46. The summed E-state index contributed by atoms with van der Waals surface area (Å²) < 4.78 is 0. The summed E-state index contributed by atoms with van der Waals surface area (Å²) in [5.41, 5.74) is 27.4. The van der Waals surface area contributed by atoms with Gasteiger partial charge in [-0.15, -0.1) is 0 Å². The molecule has 1 rings (SSSR count). The third-order valence-corrected chi connectivity index (χ3v) is 6.52. The molecule has 1 heterocycles. The third kappa shape index (κ3) is 10.8. The Morgan fingerprint density at radius 1 is 0.974 bits per heavy atom. The van der Waals surface area contributed by atoms with Gasteiger partial charge >= 0.3 is 5.97 Å². The molecular formula is C23H44N10O5. The number of hydrogen-bond acceptors (Lipinski definition) is 7. The van der Waals surface area contributed by atoms with Crippen molar-refractivity contribution < 1.29 is 24.3 Å². The summed E-state index contributed by atoms with van der Waals surface area (Å²) in [6.45, 7) is 4.61. The molecule has 0 aliphatic carbocycles. The molecule has 1 fully saturated rings. The van der Waals surface area contributed by atoms with Crippen LogP contribution in [0.4, 0.5) is 0 Å². The number of nitrogens with zero attached hydrogens (tertiary/aromatic N) is 3. The van der Waals surface area contributed by atoms with Crippen LogP contribution in [0.15, 0.2) is 9.98 Å². The van der Waals surface area contributed by atoms with E-state index >= 15 is 0 Å². The summed E-state index contributed by atoms with van der Waals surface area (Å²) in [4.78, 5) is 60.1. The zero-order valence-corrected chi connectivity index (χ0v) is 22.3. The number of aliphatic imine (C=N–C) groups is 2. The van der Waals surface area contributed by atoms with E-state index in [2.05, 4.69) is 20.6 Å². The fraction of sp³-hybridized carbons (Fsp3) is 0.739. The van der Waals surface area contributed by atoms with Gasteiger partial charge in [0, 0.05) is 19.6 Å². The number of carboxylic acid groups (broad SMARTS) is 1. The van der Waals surface area contributed by atoms with E-state index in [0.29, 0.717) is 38.6 Å². The van der Waals surface area contributed by atoms with Crippen molar-refractivity contribution in [2.45, 2.75) is 83.0 Å². The van der Waals surface area contributed by atoms with E-state index in [1.807, 2.05) is 13.8 Å². The number of aliphatic carboxylic acids is 1. The van der Waals surface area contributed by atoms with Crippen LogP contribution < -0.4 is 39.3 Å². The quantitative estimate of drug-likeness (QED) is 0.0579. The predicted octanol–water partition coefficient (Wildman–Crippen LogP) is -2.49. The van der Waals surface area contributed by atoms with Crippen molar-refractivity contribution in [3.05, 3.63) is 0 Å². The number of nitrogens with one attached hydrogen (secondary N) is 2. The van der Waals surface area contributed by atoms with Crippen LogP contribution in [0, 0.1) is 5.92 Å². The van der Waals surface area contributed by atoms with Crippen molar-refractivity contribution in [3.8, 4) is 0 Å². The van der Waals surface area contributed by atoms with Crippen molar-refractivity contribution >= 4 is 35.6 Å². The lowest BCUT2D eigenvalue weighted by molar-refractivity contribution is -0.143. The molecule has 0 aromatic carbocycles. The van der Waals surface area contributed by atoms with Crippen molar-refractivity contribution in [2.75, 3.05) is 19.6 Å². The molecule has 13 N–H and O–H groups in total. The van der Waals surface area contributed by atoms with Crippen molar-refractivity contribution in [1.82, 2.24) is 15.5 Å². The first kappa shape index (κ1) is 32.4. The highest BCUT2D eigenvalue weighted by molar-refractivity contribution is 5.94. The summed E-state index contributed by atoms with van der Waals surface area (Å²) >= 11 is 0. The molecule has 1 aliphatic rings. The smallest absolute Gasteiger partial charge is 0.326 e. The van der Waals surface area contributed by atoms with Gasteiger partial charge in [-0.05, 0) is 44.4 Å². The maximum Gasteiger partial charge on any atom is 0.326 e. The molecular weight excluding hydrogens is 496 g/mol. The van der Waals surface area contributed by atoms with E-state index < -0.39 is 42.0 Å². The molecule has 0 radical (unpaired) electrons. The van der Waals surface area contributed by atoms with Crippen LogP contribution in [-0.2, 0) is 19.2 Å². The molecule has 15 heteroatoms. The SMILES string of the molecule is CCC(C)C(N)C(=O)N1CCCC1C(=O)NC(CCCN=C(N)N)C(=O)NC(CCCN=C(N)N)C(=O)O. The van der Waals surface area contributed by atoms with Gasteiger partial charge in [0.25, 0.3) is 0 Å². The summed E-state index contributed by atoms with van der Waals surface area (Å²) in [7, 11) is 0. The Kier molecular flexibility index (Phi) is 13.9. The fourth-order valence-corrected chi connectivity index (χ4v) is 4.07. The van der Waals surface area contributed by atoms with Gasteiger partial charge in [-0.1, -0.05) is 20.3 Å². The topological polar surface area (TPSA) is 271 Å². The summed E-state index contributed by atoms with van der Waals surface area (Å²) in [6.07, 6.45) is 2.63. The number of guanidine groups is 2. The van der Waals surface area contributed by atoms with Crippen molar-refractivity contribution in [3.63, 3.8) is 0 Å². The molecule has 0 bridgehead atoms. The van der Waals surface area contributed by atoms with Gasteiger partial charge in [0.1, 0.15) is 18.1 Å². The van der Waals surface area contributed by atoms with Gasteiger partial charge in [-0.3, -0.25) is 24.4 Å². The van der Waals surface area contributed by atoms with Crippen LogP contribution in [0.25, 0.3) is 0 Å². The predicted molar refractivity (Wildman–Crippen MR) is 143 cm³/mol. The largest absolute Gasteiger partial charge is 0.480 e. The number of amides is 3. The maximum atomic E-state index is 13.2. The average molecular weight is 541 g/mol. The zero-order chi connectivity index (χ0) is 28.8. The lowest BCUT2D eigenvalue weighted by atomic mass is 9.98. The Morgan fingerprint density at radius 2 is 1.53 bits per heavy atom. The Morgan fingerprint density at radius 3 is 2.03 bits per heavy atom. The Hall–Kier alpha value is -3.62. The standard InChI is InChI=1S/C23H44N10O5/c1-3-13(2)17(24)20(36)33-12-6-9-16(33)19(35)31-14(7-4-10-29-22(25)26)18(34)32-15(21(37)38)8-5-11-30-23(27)28/h13-17H,3-12,24H2,1-2H3,(H,31,35)(H,32,34)(H,37,38)(H4,25,26,29)(H4,27,28,30). The van der Waals surface area contributed by atoms with Crippen molar-refractivity contribution in [1.29, 1.82) is 0 Å². The number of rotatable bonds is 16. The molecule has 1 saturated heterocycles. The molecule has 0 spiro atoms. The zero-order valence-electron chi connectivity index (χ0n) is 22.3. The third-order valence-electron chi connectivity index (χ3n) is 6.52. The van der Waals surface area contributed by atoms with Gasteiger partial charge in [-0.25, -0.2) is 4.79 Å². The minimum absolute atomic E-state index is 0.0548. The van der Waals surface area contributed by atoms with Crippen LogP contribution in [0.2, 0.25) is 0 Å². The van der Waals surface area contributed by atoms with Crippen LogP contribution in [0.5, 0.6) is 0 Å². The molecule has 3 amide bonds. The van der Waals surface area contributed by atoms with E-state index in [9.17, 15) is 24.3 Å². The molecule has 0 aromatic heterocycles. The van der Waals surface area contributed by atoms with Gasteiger partial charge in [-0.2, -0.15) is 0 Å². The van der Waals surface area contributed by atoms with Gasteiger partial charge in [0.2, 0.25) is 17.7 Å². The van der Waals surface area contributed by atoms with Crippen LogP contribution in [0.1, 0.15) is 58.8 Å². The van der Waals surface area contributed by atoms with Crippen LogP contribution in [0.3, 0.4) is 0 Å². The molecule has 38 heavy (non-hydrogen) atoms. The Bertz CT molecular complexity index is 873. The number of carbonyl (C=O) groups is 4. The fourth-order valence-electron chi connectivity index (χ4n) is 4.07. The molecule has 216 valence electrons. The van der Waals surface area contributed by atoms with Gasteiger partial charge in [0.05, 0.1) is 6.04 Å². The highest BCUT2D eigenvalue weighted by Crippen LogP contribution is 2.21. The number of likely N-dealkylation sites (tertiary alicyclic amines) is 1. The van der Waals surface area contributed by atoms with Gasteiger partial charge in [0.15, 0.2) is 11.9 Å². The van der Waals surface area contributed by atoms with Crippen LogP contribution in [-0.4, -0.2) is 89.4 Å². The minimum Gasteiger partial charge on any atom is -0.480 e. The second kappa shape index (κ2) is 16.3. The number of nitrogens with two attached hydrogens (primary N) is 5. The minimum atomic E-state index is -1.24. The molecule has 0 saturated carbocycles. The number of carbonyl (C=O) groups excluding carboxylic acids is 3. The number of hydrogen-bond donors (Lipinski definition) is 8. The Labute approximate surface area is 223 Å². The highest BCUT2D eigenvalue weighted by atomic mass is 16.4. The lowest BCUT2D eigenvalue weighted by Crippen LogP contribution is -2.57. The van der Waals surface area contributed by atoms with Crippen molar-refractivity contribution in [2.24, 2.45) is 44.6 Å². The van der Waals surface area contributed by atoms with E-state index in [1.165, 1.54) is 4.90 Å². The first-order chi connectivity index (χ1) is 17.9. The van der Waals surface area contributed by atoms with E-state index in [0.717, 1.165) is 0 Å². The second-order valence-corrected chi connectivity index (χ2v) is 9.46.